The Morgan fingerprint density at radius 1 is 0.833 bits per heavy atom. The second kappa shape index (κ2) is 7.71. The lowest BCUT2D eigenvalue weighted by Crippen LogP contribution is -2.54. The molecule has 7 nitrogen and oxygen atoms in total. The number of nitrogens with zero attached hydrogens (tertiary/aromatic N) is 1. The fourth-order valence-corrected chi connectivity index (χ4v) is 3.44. The van der Waals surface area contributed by atoms with Crippen LogP contribution in [0, 0.1) is 0 Å². The van der Waals surface area contributed by atoms with Gasteiger partial charge in [-0.3, -0.25) is 14.9 Å². The summed E-state index contributed by atoms with van der Waals surface area (Å²) >= 11 is 0. The molecule has 0 bridgehead atoms. The van der Waals surface area contributed by atoms with Gasteiger partial charge in [0.15, 0.2) is 0 Å². The minimum atomic E-state index is -0.837. The topological polar surface area (TPSA) is 84.9 Å². The van der Waals surface area contributed by atoms with Crippen LogP contribution in [0.15, 0.2) is 66.2 Å². The molecule has 4 rings (SSSR count). The molecule has 0 unspecified atom stereocenters. The maximum atomic E-state index is 13.2. The maximum Gasteiger partial charge on any atom is 0.336 e. The number of para-hydroxylation sites is 2. The molecule has 0 aliphatic carbocycles. The fraction of sp³-hybridized carbons (Fsp3) is 0.0870. The number of anilines is 1. The summed E-state index contributed by atoms with van der Waals surface area (Å²) in [7, 11) is 2.95. The first-order chi connectivity index (χ1) is 14.5. The van der Waals surface area contributed by atoms with Gasteiger partial charge in [-0.1, -0.05) is 42.5 Å². The van der Waals surface area contributed by atoms with Crippen molar-refractivity contribution in [2.24, 2.45) is 0 Å². The Morgan fingerprint density at radius 2 is 1.53 bits per heavy atom. The lowest BCUT2D eigenvalue weighted by Gasteiger charge is -2.27. The molecule has 1 fully saturated rings. The number of barbiturate groups is 1. The van der Waals surface area contributed by atoms with Gasteiger partial charge in [0.1, 0.15) is 17.1 Å². The summed E-state index contributed by atoms with van der Waals surface area (Å²) in [4.78, 5) is 39.2. The van der Waals surface area contributed by atoms with E-state index in [4.69, 9.17) is 9.47 Å². The first-order valence-corrected chi connectivity index (χ1v) is 9.15. The minimum Gasteiger partial charge on any atom is -0.496 e. The predicted octanol–water partition coefficient (Wildman–Crippen LogP) is 3.52. The third-order valence-corrected chi connectivity index (χ3v) is 4.87. The van der Waals surface area contributed by atoms with E-state index in [0.29, 0.717) is 17.1 Å². The Kier molecular flexibility index (Phi) is 4.93. The number of hydrogen-bond acceptors (Lipinski definition) is 5. The molecular formula is C23H18N2O5. The molecule has 0 saturated carbocycles. The number of carbonyl (C=O) groups excluding carboxylic acids is 3. The number of carbonyl (C=O) groups is 3. The number of benzene rings is 3. The molecule has 30 heavy (non-hydrogen) atoms. The summed E-state index contributed by atoms with van der Waals surface area (Å²) in [6.45, 7) is 0. The van der Waals surface area contributed by atoms with Crippen molar-refractivity contribution in [3.05, 3.63) is 71.8 Å². The van der Waals surface area contributed by atoms with Gasteiger partial charge < -0.3 is 9.47 Å². The molecule has 1 aliphatic rings. The van der Waals surface area contributed by atoms with Crippen molar-refractivity contribution in [2.45, 2.75) is 0 Å². The standard InChI is InChI=1S/C23H18N2O5/c1-29-19-12-11-14-7-3-4-8-15(14)16(19)13-17-21(26)24-23(28)25(22(17)27)18-9-5-6-10-20(18)30-2/h3-13H,1-2H3,(H,24,26,28)/b17-13+. The van der Waals surface area contributed by atoms with Gasteiger partial charge in [-0.25, -0.2) is 9.69 Å². The van der Waals surface area contributed by atoms with E-state index in [0.717, 1.165) is 15.7 Å². The summed E-state index contributed by atoms with van der Waals surface area (Å²) in [6, 6.07) is 17.0. The average Bonchev–Trinajstić information content (AvgIpc) is 2.76. The van der Waals surface area contributed by atoms with Crippen molar-refractivity contribution < 1.29 is 23.9 Å². The van der Waals surface area contributed by atoms with E-state index >= 15 is 0 Å². The zero-order valence-corrected chi connectivity index (χ0v) is 16.3. The number of urea groups is 1. The van der Waals surface area contributed by atoms with Crippen LogP contribution in [0.2, 0.25) is 0 Å². The van der Waals surface area contributed by atoms with Gasteiger partial charge in [0.2, 0.25) is 0 Å². The molecule has 3 aromatic rings. The number of nitrogens with one attached hydrogen (secondary N) is 1. The van der Waals surface area contributed by atoms with Gasteiger partial charge in [0.25, 0.3) is 11.8 Å². The van der Waals surface area contributed by atoms with Gasteiger partial charge in [0.05, 0.1) is 19.9 Å². The second-order valence-electron chi connectivity index (χ2n) is 6.53. The first kappa shape index (κ1) is 19.2. The largest absolute Gasteiger partial charge is 0.496 e. The third-order valence-electron chi connectivity index (χ3n) is 4.87. The third kappa shape index (κ3) is 3.16. The van der Waals surface area contributed by atoms with Crippen LogP contribution in [0.4, 0.5) is 10.5 Å². The zero-order valence-electron chi connectivity index (χ0n) is 16.3. The van der Waals surface area contributed by atoms with E-state index in [-0.39, 0.29) is 11.3 Å². The van der Waals surface area contributed by atoms with E-state index in [2.05, 4.69) is 5.32 Å². The predicted molar refractivity (Wildman–Crippen MR) is 112 cm³/mol. The van der Waals surface area contributed by atoms with Gasteiger partial charge in [-0.15, -0.1) is 0 Å². The Hall–Kier alpha value is -4.13. The average molecular weight is 402 g/mol. The van der Waals surface area contributed by atoms with Crippen LogP contribution in [0.1, 0.15) is 5.56 Å². The molecule has 150 valence electrons. The summed E-state index contributed by atoms with van der Waals surface area (Å²) in [6.07, 6.45) is 1.45. The smallest absolute Gasteiger partial charge is 0.336 e. The number of ether oxygens (including phenoxy) is 2. The molecule has 7 heteroatoms. The molecule has 1 heterocycles. The van der Waals surface area contributed by atoms with Crippen LogP contribution in [0.25, 0.3) is 16.8 Å². The maximum absolute atomic E-state index is 13.2. The number of amides is 4. The SMILES string of the molecule is COc1ccccc1N1C(=O)NC(=O)/C(=C\c2c(OC)ccc3ccccc23)C1=O. The lowest BCUT2D eigenvalue weighted by atomic mass is 9.99. The lowest BCUT2D eigenvalue weighted by molar-refractivity contribution is -0.122. The summed E-state index contributed by atoms with van der Waals surface area (Å²) in [5, 5.41) is 3.96. The number of fused-ring (bicyclic) bond motifs is 1. The van der Waals surface area contributed by atoms with Crippen molar-refractivity contribution in [1.29, 1.82) is 0 Å². The second-order valence-corrected chi connectivity index (χ2v) is 6.53. The number of imide groups is 2. The number of hydrogen-bond donors (Lipinski definition) is 1. The van der Waals surface area contributed by atoms with E-state index in [9.17, 15) is 14.4 Å². The zero-order chi connectivity index (χ0) is 21.3. The highest BCUT2D eigenvalue weighted by Gasteiger charge is 2.38. The van der Waals surface area contributed by atoms with Crippen LogP contribution < -0.4 is 19.7 Å². The Morgan fingerprint density at radius 3 is 2.30 bits per heavy atom. The van der Waals surface area contributed by atoms with E-state index in [1.165, 1.54) is 20.3 Å². The van der Waals surface area contributed by atoms with Crippen molar-refractivity contribution in [3.8, 4) is 11.5 Å². The minimum absolute atomic E-state index is 0.185. The van der Waals surface area contributed by atoms with Crippen LogP contribution in [0.3, 0.4) is 0 Å². The summed E-state index contributed by atoms with van der Waals surface area (Å²) < 4.78 is 10.7. The molecular weight excluding hydrogens is 384 g/mol. The molecule has 0 aromatic heterocycles. The van der Waals surface area contributed by atoms with Gasteiger partial charge in [-0.2, -0.15) is 0 Å². The molecule has 1 aliphatic heterocycles. The monoisotopic (exact) mass is 402 g/mol. The van der Waals surface area contributed by atoms with Gasteiger partial charge >= 0.3 is 6.03 Å². The van der Waals surface area contributed by atoms with Crippen LogP contribution in [0.5, 0.6) is 11.5 Å². The van der Waals surface area contributed by atoms with Gasteiger partial charge in [-0.05, 0) is 35.0 Å². The molecule has 4 amide bonds. The first-order valence-electron chi connectivity index (χ1n) is 9.15. The Labute approximate surface area is 172 Å². The number of rotatable bonds is 4. The molecule has 1 saturated heterocycles. The van der Waals surface area contributed by atoms with Crippen molar-refractivity contribution in [1.82, 2.24) is 5.32 Å². The van der Waals surface area contributed by atoms with Crippen LogP contribution in [-0.4, -0.2) is 32.1 Å². The van der Waals surface area contributed by atoms with Crippen LogP contribution >= 0.6 is 0 Å². The molecule has 0 radical (unpaired) electrons. The fourth-order valence-electron chi connectivity index (χ4n) is 3.44. The molecule has 0 atom stereocenters. The normalized spacial score (nSPS) is 15.5. The number of methoxy groups -OCH3 is 2. The van der Waals surface area contributed by atoms with Crippen molar-refractivity contribution >= 4 is 40.4 Å². The highest BCUT2D eigenvalue weighted by atomic mass is 16.5. The molecule has 1 N–H and O–H groups in total. The quantitative estimate of drug-likeness (QED) is 0.533. The van der Waals surface area contributed by atoms with E-state index in [1.54, 1.807) is 30.3 Å². The summed E-state index contributed by atoms with van der Waals surface area (Å²) in [5.41, 5.74) is 0.629. The van der Waals surface area contributed by atoms with Crippen molar-refractivity contribution in [3.63, 3.8) is 0 Å². The Bertz CT molecular complexity index is 1220. The van der Waals surface area contributed by atoms with Crippen LogP contribution in [-0.2, 0) is 9.59 Å². The Balaban J connectivity index is 1.88. The van der Waals surface area contributed by atoms with Crippen molar-refractivity contribution in [2.75, 3.05) is 19.1 Å². The highest BCUT2D eigenvalue weighted by molar-refractivity contribution is 6.39. The van der Waals surface area contributed by atoms with Gasteiger partial charge in [0, 0.05) is 5.56 Å². The highest BCUT2D eigenvalue weighted by Crippen LogP contribution is 2.33. The van der Waals surface area contributed by atoms with E-state index in [1.807, 2.05) is 30.3 Å². The molecule has 0 spiro atoms. The summed E-state index contributed by atoms with van der Waals surface area (Å²) in [5.74, 6) is -0.686. The molecule has 3 aromatic carbocycles. The van der Waals surface area contributed by atoms with E-state index < -0.39 is 17.8 Å².